The molecule has 0 unspecified atom stereocenters. The van der Waals surface area contributed by atoms with Crippen LogP contribution in [0.5, 0.6) is 0 Å². The minimum absolute atomic E-state index is 1.12. The highest BCUT2D eigenvalue weighted by molar-refractivity contribution is 6.03. The van der Waals surface area contributed by atoms with E-state index in [1.54, 1.807) is 0 Å². The molecule has 1 nitrogen and oxygen atoms in total. The van der Waals surface area contributed by atoms with Gasteiger partial charge in [0.2, 0.25) is 0 Å². The maximum absolute atomic E-state index is 3.67. The Bertz CT molecular complexity index is 1310. The van der Waals surface area contributed by atoms with Crippen LogP contribution in [0.2, 0.25) is 0 Å². The molecule has 5 rings (SSSR count). The molecule has 0 aliphatic heterocycles. The molecule has 0 spiro atoms. The van der Waals surface area contributed by atoms with Gasteiger partial charge in [0.05, 0.1) is 0 Å². The summed E-state index contributed by atoms with van der Waals surface area (Å²) in [5.74, 6) is 0. The van der Waals surface area contributed by atoms with Crippen molar-refractivity contribution < 1.29 is 0 Å². The zero-order valence-corrected chi connectivity index (χ0v) is 16.0. The predicted octanol–water partition coefficient (Wildman–Crippen LogP) is 7.91. The Labute approximate surface area is 170 Å². The number of rotatable bonds is 4. The average Bonchev–Trinajstić information content (AvgIpc) is 2.79. The maximum Gasteiger partial charge on any atom is 0.0464 e. The van der Waals surface area contributed by atoms with Crippen LogP contribution in [0.15, 0.2) is 109 Å². The lowest BCUT2D eigenvalue weighted by Crippen LogP contribution is -1.93. The summed E-state index contributed by atoms with van der Waals surface area (Å²) in [5.41, 5.74) is 4.66. The van der Waals surface area contributed by atoms with E-state index in [9.17, 15) is 0 Å². The molecule has 29 heavy (non-hydrogen) atoms. The van der Waals surface area contributed by atoms with Crippen molar-refractivity contribution >= 4 is 45.1 Å². The molecule has 138 valence electrons. The fraction of sp³-hybridized carbons (Fsp3) is 0. The Morgan fingerprint density at radius 3 is 1.97 bits per heavy atom. The smallest absolute Gasteiger partial charge is 0.0464 e. The van der Waals surface area contributed by atoms with Crippen LogP contribution < -0.4 is 5.32 Å². The SMILES string of the molecule is C(=Cc1ccc(Nc2cccc3ccccc23)c2ccccc12)c1ccccc1. The Hall–Kier alpha value is -3.84. The summed E-state index contributed by atoms with van der Waals surface area (Å²) >= 11 is 0. The van der Waals surface area contributed by atoms with Gasteiger partial charge in [-0.15, -0.1) is 0 Å². The van der Waals surface area contributed by atoms with Gasteiger partial charge in [0.25, 0.3) is 0 Å². The first kappa shape index (κ1) is 17.3. The van der Waals surface area contributed by atoms with E-state index in [4.69, 9.17) is 0 Å². The van der Waals surface area contributed by atoms with Crippen molar-refractivity contribution in [1.29, 1.82) is 0 Å². The van der Waals surface area contributed by atoms with Crippen molar-refractivity contribution in [3.8, 4) is 0 Å². The predicted molar refractivity (Wildman–Crippen MR) is 127 cm³/mol. The summed E-state index contributed by atoms with van der Waals surface area (Å²) in [6, 6.07) is 38.2. The summed E-state index contributed by atoms with van der Waals surface area (Å²) in [6.45, 7) is 0. The summed E-state index contributed by atoms with van der Waals surface area (Å²) in [6.07, 6.45) is 4.36. The van der Waals surface area contributed by atoms with E-state index in [1.165, 1.54) is 32.7 Å². The fourth-order valence-corrected chi connectivity index (χ4v) is 3.81. The number of fused-ring (bicyclic) bond motifs is 2. The van der Waals surface area contributed by atoms with Gasteiger partial charge in [-0.2, -0.15) is 0 Å². The Morgan fingerprint density at radius 2 is 1.10 bits per heavy atom. The minimum atomic E-state index is 1.12. The zero-order chi connectivity index (χ0) is 19.5. The highest BCUT2D eigenvalue weighted by Crippen LogP contribution is 2.32. The summed E-state index contributed by atoms with van der Waals surface area (Å²) in [7, 11) is 0. The van der Waals surface area contributed by atoms with Gasteiger partial charge in [-0.3, -0.25) is 0 Å². The van der Waals surface area contributed by atoms with E-state index in [0.29, 0.717) is 0 Å². The zero-order valence-electron chi connectivity index (χ0n) is 16.0. The standard InChI is InChI=1S/C28H21N/c1-2-9-21(10-3-1)17-18-23-19-20-28(26-15-7-6-13-24(23)26)29-27-16-8-12-22-11-4-5-14-25(22)27/h1-20,29H. The quantitative estimate of drug-likeness (QED) is 0.316. The third kappa shape index (κ3) is 3.51. The highest BCUT2D eigenvalue weighted by Gasteiger charge is 2.06. The van der Waals surface area contributed by atoms with Crippen molar-refractivity contribution in [2.24, 2.45) is 0 Å². The van der Waals surface area contributed by atoms with Crippen LogP contribution in [0.1, 0.15) is 11.1 Å². The van der Waals surface area contributed by atoms with E-state index >= 15 is 0 Å². The molecule has 0 saturated carbocycles. The van der Waals surface area contributed by atoms with Gasteiger partial charge in [0.1, 0.15) is 0 Å². The number of hydrogen-bond acceptors (Lipinski definition) is 1. The Kier molecular flexibility index (Phi) is 4.56. The molecule has 0 aliphatic carbocycles. The summed E-state index contributed by atoms with van der Waals surface area (Å²) in [5, 5.41) is 8.59. The lowest BCUT2D eigenvalue weighted by atomic mass is 10.0. The van der Waals surface area contributed by atoms with Crippen molar-refractivity contribution in [2.45, 2.75) is 0 Å². The normalized spacial score (nSPS) is 11.3. The topological polar surface area (TPSA) is 12.0 Å². The van der Waals surface area contributed by atoms with Crippen LogP contribution in [0, 0.1) is 0 Å². The lowest BCUT2D eigenvalue weighted by Gasteiger charge is -2.14. The second-order valence-corrected chi connectivity index (χ2v) is 7.14. The van der Waals surface area contributed by atoms with Crippen LogP contribution in [-0.4, -0.2) is 0 Å². The Balaban J connectivity index is 1.57. The van der Waals surface area contributed by atoms with Gasteiger partial charge in [-0.1, -0.05) is 109 Å². The van der Waals surface area contributed by atoms with Crippen LogP contribution in [0.3, 0.4) is 0 Å². The van der Waals surface area contributed by atoms with Crippen molar-refractivity contribution in [1.82, 2.24) is 0 Å². The number of anilines is 2. The molecule has 5 aromatic rings. The van der Waals surface area contributed by atoms with Crippen molar-refractivity contribution in [3.63, 3.8) is 0 Å². The minimum Gasteiger partial charge on any atom is -0.355 e. The third-order valence-corrected chi connectivity index (χ3v) is 5.27. The molecule has 0 amide bonds. The molecule has 1 heteroatoms. The van der Waals surface area contributed by atoms with Gasteiger partial charge in [-0.25, -0.2) is 0 Å². The molecule has 0 aliphatic rings. The van der Waals surface area contributed by atoms with E-state index < -0.39 is 0 Å². The van der Waals surface area contributed by atoms with Gasteiger partial charge in [0, 0.05) is 22.1 Å². The maximum atomic E-state index is 3.67. The van der Waals surface area contributed by atoms with Crippen molar-refractivity contribution in [3.05, 3.63) is 120 Å². The second kappa shape index (κ2) is 7.65. The molecule has 0 fully saturated rings. The molecular weight excluding hydrogens is 350 g/mol. The molecule has 0 bridgehead atoms. The largest absolute Gasteiger partial charge is 0.355 e. The Morgan fingerprint density at radius 1 is 0.448 bits per heavy atom. The highest BCUT2D eigenvalue weighted by atomic mass is 14.9. The number of benzene rings is 5. The van der Waals surface area contributed by atoms with Gasteiger partial charge in [0.15, 0.2) is 0 Å². The molecule has 0 heterocycles. The molecule has 1 N–H and O–H groups in total. The van der Waals surface area contributed by atoms with E-state index in [0.717, 1.165) is 11.4 Å². The van der Waals surface area contributed by atoms with E-state index in [-0.39, 0.29) is 0 Å². The molecule has 0 saturated heterocycles. The first-order chi connectivity index (χ1) is 14.4. The molecule has 5 aromatic carbocycles. The number of nitrogens with one attached hydrogen (secondary N) is 1. The van der Waals surface area contributed by atoms with Crippen LogP contribution in [-0.2, 0) is 0 Å². The first-order valence-corrected chi connectivity index (χ1v) is 9.88. The van der Waals surface area contributed by atoms with Crippen LogP contribution in [0.25, 0.3) is 33.7 Å². The van der Waals surface area contributed by atoms with E-state index in [2.05, 4.69) is 121 Å². The van der Waals surface area contributed by atoms with E-state index in [1.807, 2.05) is 6.07 Å². The van der Waals surface area contributed by atoms with Gasteiger partial charge >= 0.3 is 0 Å². The third-order valence-electron chi connectivity index (χ3n) is 5.27. The average molecular weight is 371 g/mol. The summed E-state index contributed by atoms with van der Waals surface area (Å²) in [4.78, 5) is 0. The first-order valence-electron chi connectivity index (χ1n) is 9.88. The van der Waals surface area contributed by atoms with Crippen molar-refractivity contribution in [2.75, 3.05) is 5.32 Å². The van der Waals surface area contributed by atoms with Gasteiger partial charge in [-0.05, 0) is 34.0 Å². The van der Waals surface area contributed by atoms with Crippen LogP contribution >= 0.6 is 0 Å². The molecule has 0 radical (unpaired) electrons. The summed E-state index contributed by atoms with van der Waals surface area (Å²) < 4.78 is 0. The number of hydrogen-bond donors (Lipinski definition) is 1. The second-order valence-electron chi connectivity index (χ2n) is 7.14. The molecule has 0 aromatic heterocycles. The lowest BCUT2D eigenvalue weighted by molar-refractivity contribution is 1.60. The van der Waals surface area contributed by atoms with Crippen LogP contribution in [0.4, 0.5) is 11.4 Å². The van der Waals surface area contributed by atoms with Gasteiger partial charge < -0.3 is 5.32 Å². The molecule has 0 atom stereocenters. The molecular formula is C28H21N. The monoisotopic (exact) mass is 371 g/mol. The fourth-order valence-electron chi connectivity index (χ4n) is 3.81.